The summed E-state index contributed by atoms with van der Waals surface area (Å²) in [5.41, 5.74) is 0.974. The zero-order valence-corrected chi connectivity index (χ0v) is 8.24. The molecule has 0 unspecified atom stereocenters. The van der Waals surface area contributed by atoms with Crippen molar-refractivity contribution >= 4 is 0 Å². The van der Waals surface area contributed by atoms with E-state index in [1.54, 1.807) is 0 Å². The van der Waals surface area contributed by atoms with E-state index in [0.29, 0.717) is 6.04 Å². The molecule has 14 heavy (non-hydrogen) atoms. The molecule has 0 aromatic rings. The lowest BCUT2D eigenvalue weighted by Crippen LogP contribution is -2.29. The average Bonchev–Trinajstić information content (AvgIpc) is 2.29. The Bertz CT molecular complexity index is 261. The second-order valence-electron chi connectivity index (χ2n) is 3.57. The van der Waals surface area contributed by atoms with E-state index in [2.05, 4.69) is 20.9 Å². The van der Waals surface area contributed by atoms with Crippen LogP contribution in [0.15, 0.2) is 34.3 Å². The summed E-state index contributed by atoms with van der Waals surface area (Å²) in [4.78, 5) is 0. The Kier molecular flexibility index (Phi) is 3.29. The molecule has 0 radical (unpaired) electrons. The lowest BCUT2D eigenvalue weighted by molar-refractivity contribution is 0.447. The Labute approximate surface area is 84.2 Å². The largest absolute Gasteiger partial charge is 0.387 e. The fourth-order valence-electron chi connectivity index (χ4n) is 1.59. The van der Waals surface area contributed by atoms with E-state index in [1.165, 1.54) is 0 Å². The highest BCUT2D eigenvalue weighted by molar-refractivity contribution is 5.20. The minimum Gasteiger partial charge on any atom is -0.387 e. The Morgan fingerprint density at radius 3 is 2.86 bits per heavy atom. The molecule has 4 heteroatoms. The fraction of sp³-hybridized carbons (Fsp3) is 0.600. The number of rotatable bonds is 2. The summed E-state index contributed by atoms with van der Waals surface area (Å²) in [6, 6.07) is 0.417. The van der Waals surface area contributed by atoms with E-state index in [9.17, 15) is 0 Å². The molecular formula is C10H16N4. The van der Waals surface area contributed by atoms with E-state index in [1.807, 2.05) is 18.4 Å². The smallest absolute Gasteiger partial charge is 0.0844 e. The van der Waals surface area contributed by atoms with Crippen molar-refractivity contribution in [3.63, 3.8) is 0 Å². The first-order valence-corrected chi connectivity index (χ1v) is 5.17. The predicted molar refractivity (Wildman–Crippen MR) is 56.0 cm³/mol. The summed E-state index contributed by atoms with van der Waals surface area (Å²) >= 11 is 0. The van der Waals surface area contributed by atoms with E-state index >= 15 is 0 Å². The summed E-state index contributed by atoms with van der Waals surface area (Å²) in [5, 5.41) is 15.0. The molecular weight excluding hydrogens is 176 g/mol. The van der Waals surface area contributed by atoms with Crippen LogP contribution in [0.5, 0.6) is 0 Å². The topological polar surface area (TPSA) is 48.8 Å². The maximum absolute atomic E-state index is 4.34. The quantitative estimate of drug-likeness (QED) is 0.646. The maximum atomic E-state index is 4.34. The van der Waals surface area contributed by atoms with E-state index in [-0.39, 0.29) is 0 Å². The van der Waals surface area contributed by atoms with Crippen LogP contribution in [0, 0.1) is 0 Å². The van der Waals surface area contributed by atoms with Crippen LogP contribution in [0.25, 0.3) is 0 Å². The van der Waals surface area contributed by atoms with Crippen LogP contribution in [0.1, 0.15) is 12.8 Å². The lowest BCUT2D eigenvalue weighted by Gasteiger charge is -2.17. The molecule has 2 aliphatic rings. The van der Waals surface area contributed by atoms with Gasteiger partial charge in [0.2, 0.25) is 0 Å². The van der Waals surface area contributed by atoms with Gasteiger partial charge in [0.25, 0.3) is 0 Å². The molecule has 1 fully saturated rings. The van der Waals surface area contributed by atoms with Crippen LogP contribution in [0.2, 0.25) is 0 Å². The Morgan fingerprint density at radius 2 is 2.14 bits per heavy atom. The molecule has 0 atom stereocenters. The van der Waals surface area contributed by atoms with Gasteiger partial charge in [0.15, 0.2) is 0 Å². The van der Waals surface area contributed by atoms with Crippen LogP contribution in [-0.2, 0) is 0 Å². The molecule has 4 nitrogen and oxygen atoms in total. The van der Waals surface area contributed by atoms with Gasteiger partial charge in [-0.15, -0.1) is 0 Å². The van der Waals surface area contributed by atoms with E-state index < -0.39 is 0 Å². The van der Waals surface area contributed by atoms with Crippen LogP contribution in [-0.4, -0.2) is 25.7 Å². The predicted octanol–water partition coefficient (Wildman–Crippen LogP) is 1.19. The molecule has 0 aromatic carbocycles. The Hall–Kier alpha value is -1.16. The van der Waals surface area contributed by atoms with Gasteiger partial charge in [-0.05, 0) is 44.3 Å². The van der Waals surface area contributed by atoms with Crippen molar-refractivity contribution < 1.29 is 0 Å². The number of allylic oxidation sites excluding steroid dienone is 1. The van der Waals surface area contributed by atoms with Crippen LogP contribution in [0.4, 0.5) is 0 Å². The molecule has 0 spiro atoms. The average molecular weight is 192 g/mol. The van der Waals surface area contributed by atoms with Gasteiger partial charge >= 0.3 is 0 Å². The van der Waals surface area contributed by atoms with Gasteiger partial charge in [-0.1, -0.05) is 0 Å². The molecule has 1 saturated heterocycles. The molecule has 2 heterocycles. The summed E-state index contributed by atoms with van der Waals surface area (Å²) in [6.07, 6.45) is 8.13. The fourth-order valence-corrected chi connectivity index (χ4v) is 1.59. The maximum Gasteiger partial charge on any atom is 0.0844 e. The second kappa shape index (κ2) is 4.91. The molecule has 0 aliphatic carbocycles. The first-order valence-electron chi connectivity index (χ1n) is 5.17. The summed E-state index contributed by atoms with van der Waals surface area (Å²) < 4.78 is 0. The Balaban J connectivity index is 1.85. The molecule has 0 bridgehead atoms. The van der Waals surface area contributed by atoms with Gasteiger partial charge in [-0.2, -0.15) is 10.2 Å². The zero-order chi connectivity index (χ0) is 9.64. The number of azo groups is 1. The third kappa shape index (κ3) is 2.67. The van der Waals surface area contributed by atoms with Crippen LogP contribution >= 0.6 is 0 Å². The highest BCUT2D eigenvalue weighted by Gasteiger charge is 2.11. The summed E-state index contributed by atoms with van der Waals surface area (Å²) in [7, 11) is 0. The highest BCUT2D eigenvalue weighted by atomic mass is 15.1. The molecule has 0 saturated carbocycles. The van der Waals surface area contributed by atoms with E-state index in [0.717, 1.165) is 38.2 Å². The monoisotopic (exact) mass is 192 g/mol. The number of hydrogen-bond acceptors (Lipinski definition) is 4. The van der Waals surface area contributed by atoms with Crippen molar-refractivity contribution in [3.8, 4) is 0 Å². The van der Waals surface area contributed by atoms with Crippen molar-refractivity contribution in [3.05, 3.63) is 24.0 Å². The Morgan fingerprint density at radius 1 is 1.29 bits per heavy atom. The van der Waals surface area contributed by atoms with Crippen molar-refractivity contribution in [2.45, 2.75) is 18.9 Å². The third-order valence-electron chi connectivity index (χ3n) is 2.45. The normalized spacial score (nSPS) is 23.6. The molecule has 76 valence electrons. The van der Waals surface area contributed by atoms with Gasteiger partial charge in [-0.3, -0.25) is 0 Å². The lowest BCUT2D eigenvalue weighted by atomic mass is 10.1. The van der Waals surface area contributed by atoms with Crippen molar-refractivity contribution in [2.24, 2.45) is 10.2 Å². The summed E-state index contributed by atoms with van der Waals surface area (Å²) in [5.74, 6) is 0. The van der Waals surface area contributed by atoms with Crippen molar-refractivity contribution in [1.82, 2.24) is 10.6 Å². The van der Waals surface area contributed by atoms with Crippen molar-refractivity contribution in [1.29, 1.82) is 0 Å². The zero-order valence-electron chi connectivity index (χ0n) is 8.24. The van der Waals surface area contributed by atoms with Gasteiger partial charge in [0, 0.05) is 6.54 Å². The first kappa shape index (κ1) is 9.40. The molecule has 2 N–H and O–H groups in total. The van der Waals surface area contributed by atoms with Gasteiger partial charge in [-0.25, -0.2) is 0 Å². The number of dihydropyridines is 1. The number of piperidine rings is 1. The minimum absolute atomic E-state index is 0.417. The standard InChI is InChI=1S/C10H16N4/c1-5-11-6-2-9(1)13-14-10-3-7-12-8-4-10/h1-2,5,10-12H,3-4,6-8H2. The van der Waals surface area contributed by atoms with Gasteiger partial charge < -0.3 is 10.6 Å². The van der Waals surface area contributed by atoms with Gasteiger partial charge in [0.05, 0.1) is 11.7 Å². The number of hydrogen-bond donors (Lipinski definition) is 2. The third-order valence-corrected chi connectivity index (χ3v) is 2.45. The first-order chi connectivity index (χ1) is 6.95. The SMILES string of the molecule is C1=CC(N=NC2CCNCC2)=CCN1. The highest BCUT2D eigenvalue weighted by Crippen LogP contribution is 2.10. The van der Waals surface area contributed by atoms with E-state index in [4.69, 9.17) is 0 Å². The molecule has 0 aromatic heterocycles. The number of nitrogens with zero attached hydrogens (tertiary/aromatic N) is 2. The van der Waals surface area contributed by atoms with Crippen LogP contribution < -0.4 is 10.6 Å². The number of nitrogens with one attached hydrogen (secondary N) is 2. The molecule has 2 aliphatic heterocycles. The summed E-state index contributed by atoms with van der Waals surface area (Å²) in [6.45, 7) is 3.00. The van der Waals surface area contributed by atoms with Crippen LogP contribution in [0.3, 0.4) is 0 Å². The van der Waals surface area contributed by atoms with Gasteiger partial charge in [0.1, 0.15) is 0 Å². The van der Waals surface area contributed by atoms with Crippen molar-refractivity contribution in [2.75, 3.05) is 19.6 Å². The minimum atomic E-state index is 0.417. The second-order valence-corrected chi connectivity index (χ2v) is 3.57. The molecule has 0 amide bonds. The molecule has 2 rings (SSSR count).